The summed E-state index contributed by atoms with van der Waals surface area (Å²) >= 11 is 0. The van der Waals surface area contributed by atoms with Crippen molar-refractivity contribution in [3.05, 3.63) is 35.9 Å². The summed E-state index contributed by atoms with van der Waals surface area (Å²) in [6.07, 6.45) is -0.860. The third kappa shape index (κ3) is 4.18. The molecular formula is C8H12O6P2. The molecule has 0 saturated carbocycles. The Labute approximate surface area is 92.3 Å². The Bertz CT molecular complexity index is 433. The second-order valence-corrected chi connectivity index (χ2v) is 6.86. The van der Waals surface area contributed by atoms with Crippen LogP contribution in [0, 0.1) is 0 Å². The summed E-state index contributed by atoms with van der Waals surface area (Å²) in [7, 11) is -9.06. The minimum Gasteiger partial charge on any atom is -0.324 e. The normalized spacial score (nSPS) is 14.8. The largest absolute Gasteiger partial charge is 0.333 e. The van der Waals surface area contributed by atoms with E-state index in [1.807, 2.05) is 0 Å². The Balaban J connectivity index is 3.08. The van der Waals surface area contributed by atoms with E-state index in [4.69, 9.17) is 19.6 Å². The van der Waals surface area contributed by atoms with Crippen molar-refractivity contribution in [3.63, 3.8) is 0 Å². The third-order valence-corrected chi connectivity index (χ3v) is 4.42. The first-order chi connectivity index (χ1) is 7.20. The summed E-state index contributed by atoms with van der Waals surface area (Å²) in [6, 6.07) is 7.62. The maximum absolute atomic E-state index is 11.2. The van der Waals surface area contributed by atoms with Crippen LogP contribution in [0.3, 0.4) is 0 Å². The van der Waals surface area contributed by atoms with E-state index < -0.39 is 27.0 Å². The molecule has 1 rings (SSSR count). The van der Waals surface area contributed by atoms with Crippen LogP contribution in [0.2, 0.25) is 0 Å². The molecule has 90 valence electrons. The van der Waals surface area contributed by atoms with Crippen LogP contribution in [0.15, 0.2) is 30.3 Å². The van der Waals surface area contributed by atoms with Gasteiger partial charge in [-0.25, -0.2) is 0 Å². The lowest BCUT2D eigenvalue weighted by Gasteiger charge is -2.19. The van der Waals surface area contributed by atoms with Crippen LogP contribution in [-0.2, 0) is 9.13 Å². The minimum atomic E-state index is -4.59. The fraction of sp³-hybridized carbons (Fsp3) is 0.250. The minimum absolute atomic E-state index is 0.221. The lowest BCUT2D eigenvalue weighted by Crippen LogP contribution is -2.06. The molecule has 0 aliphatic carbocycles. The highest BCUT2D eigenvalue weighted by Crippen LogP contribution is 2.57. The summed E-state index contributed by atoms with van der Waals surface area (Å²) in [5.41, 5.74) is -1.24. The maximum Gasteiger partial charge on any atom is 0.333 e. The van der Waals surface area contributed by atoms with Gasteiger partial charge >= 0.3 is 15.2 Å². The zero-order valence-corrected chi connectivity index (χ0v) is 9.96. The molecule has 0 aromatic heterocycles. The van der Waals surface area contributed by atoms with Crippen molar-refractivity contribution >= 4 is 15.2 Å². The van der Waals surface area contributed by atoms with E-state index in [0.29, 0.717) is 0 Å². The van der Waals surface area contributed by atoms with E-state index >= 15 is 0 Å². The van der Waals surface area contributed by atoms with Crippen LogP contribution < -0.4 is 0 Å². The lowest BCUT2D eigenvalue weighted by molar-refractivity contribution is 0.347. The molecular weight excluding hydrogens is 254 g/mol. The van der Waals surface area contributed by atoms with Crippen molar-refractivity contribution in [1.82, 2.24) is 0 Å². The molecule has 1 atom stereocenters. The van der Waals surface area contributed by atoms with E-state index in [9.17, 15) is 9.13 Å². The second kappa shape index (κ2) is 4.80. The van der Waals surface area contributed by atoms with Crippen LogP contribution in [0.4, 0.5) is 0 Å². The van der Waals surface area contributed by atoms with Gasteiger partial charge in [-0.05, 0) is 5.56 Å². The Morgan fingerprint density at radius 3 is 1.88 bits per heavy atom. The van der Waals surface area contributed by atoms with E-state index in [2.05, 4.69) is 0 Å². The zero-order valence-electron chi connectivity index (χ0n) is 8.17. The van der Waals surface area contributed by atoms with Crippen LogP contribution in [0.5, 0.6) is 0 Å². The third-order valence-electron chi connectivity index (χ3n) is 2.00. The van der Waals surface area contributed by atoms with Crippen molar-refractivity contribution < 1.29 is 28.7 Å². The van der Waals surface area contributed by atoms with Gasteiger partial charge in [0.1, 0.15) is 0 Å². The van der Waals surface area contributed by atoms with Gasteiger partial charge in [-0.3, -0.25) is 9.13 Å². The Hall–Kier alpha value is -0.480. The molecule has 0 heterocycles. The first kappa shape index (κ1) is 13.6. The summed E-state index contributed by atoms with van der Waals surface area (Å²) in [4.78, 5) is 35.7. The molecule has 1 unspecified atom stereocenters. The first-order valence-corrected chi connectivity index (χ1v) is 7.83. The Morgan fingerprint density at radius 1 is 1.00 bits per heavy atom. The van der Waals surface area contributed by atoms with Crippen LogP contribution in [-0.4, -0.2) is 25.7 Å². The number of hydrogen-bond acceptors (Lipinski definition) is 2. The first-order valence-electron chi connectivity index (χ1n) is 4.35. The van der Waals surface area contributed by atoms with Gasteiger partial charge in [0.2, 0.25) is 0 Å². The fourth-order valence-corrected chi connectivity index (χ4v) is 4.02. The molecule has 0 bridgehead atoms. The SMILES string of the molecule is O=P(O)(O)CC(c1ccccc1)P(=O)(O)O. The van der Waals surface area contributed by atoms with Crippen molar-refractivity contribution in [2.45, 2.75) is 5.66 Å². The van der Waals surface area contributed by atoms with E-state index in [-0.39, 0.29) is 5.56 Å². The summed E-state index contributed by atoms with van der Waals surface area (Å²) in [5, 5.41) is 0. The van der Waals surface area contributed by atoms with Gasteiger partial charge < -0.3 is 19.6 Å². The molecule has 0 saturated heterocycles. The monoisotopic (exact) mass is 266 g/mol. The fourth-order valence-electron chi connectivity index (χ4n) is 1.31. The van der Waals surface area contributed by atoms with Gasteiger partial charge in [0.25, 0.3) is 0 Å². The number of benzene rings is 1. The molecule has 0 amide bonds. The molecule has 0 aliphatic rings. The lowest BCUT2D eigenvalue weighted by atomic mass is 10.2. The molecule has 8 heteroatoms. The Kier molecular flexibility index (Phi) is 4.07. The molecule has 0 radical (unpaired) electrons. The van der Waals surface area contributed by atoms with Gasteiger partial charge in [-0.15, -0.1) is 0 Å². The van der Waals surface area contributed by atoms with Gasteiger partial charge in [0, 0.05) is 0 Å². The van der Waals surface area contributed by atoms with E-state index in [1.54, 1.807) is 18.2 Å². The van der Waals surface area contributed by atoms with E-state index in [1.165, 1.54) is 12.1 Å². The molecule has 1 aromatic carbocycles. The van der Waals surface area contributed by atoms with Crippen molar-refractivity contribution in [1.29, 1.82) is 0 Å². The van der Waals surface area contributed by atoms with Crippen molar-refractivity contribution in [2.24, 2.45) is 0 Å². The molecule has 16 heavy (non-hydrogen) atoms. The zero-order chi connectivity index (χ0) is 12.4. The van der Waals surface area contributed by atoms with Crippen LogP contribution >= 0.6 is 15.2 Å². The van der Waals surface area contributed by atoms with Gasteiger partial charge in [-0.1, -0.05) is 30.3 Å². The summed E-state index contributed by atoms with van der Waals surface area (Å²) < 4.78 is 22.0. The highest BCUT2D eigenvalue weighted by atomic mass is 31.2. The topological polar surface area (TPSA) is 115 Å². The molecule has 1 aromatic rings. The smallest absolute Gasteiger partial charge is 0.324 e. The molecule has 0 spiro atoms. The quantitative estimate of drug-likeness (QED) is 0.606. The molecule has 4 N–H and O–H groups in total. The maximum atomic E-state index is 11.2. The predicted molar refractivity (Wildman–Crippen MR) is 58.1 cm³/mol. The highest BCUT2D eigenvalue weighted by Gasteiger charge is 2.35. The summed E-state index contributed by atoms with van der Waals surface area (Å²) in [6.45, 7) is 0. The van der Waals surface area contributed by atoms with Gasteiger partial charge in [-0.2, -0.15) is 0 Å². The van der Waals surface area contributed by atoms with Crippen LogP contribution in [0.1, 0.15) is 11.2 Å². The van der Waals surface area contributed by atoms with E-state index in [0.717, 1.165) is 0 Å². The van der Waals surface area contributed by atoms with Crippen LogP contribution in [0.25, 0.3) is 0 Å². The number of hydrogen-bond donors (Lipinski definition) is 4. The molecule has 0 fully saturated rings. The molecule has 6 nitrogen and oxygen atoms in total. The van der Waals surface area contributed by atoms with Crippen molar-refractivity contribution in [2.75, 3.05) is 6.16 Å². The average molecular weight is 266 g/mol. The predicted octanol–water partition coefficient (Wildman–Crippen LogP) is 1.08. The Morgan fingerprint density at radius 2 is 1.50 bits per heavy atom. The average Bonchev–Trinajstić information content (AvgIpc) is 2.13. The molecule has 0 aliphatic heterocycles. The van der Waals surface area contributed by atoms with Crippen molar-refractivity contribution in [3.8, 4) is 0 Å². The summed E-state index contributed by atoms with van der Waals surface area (Å²) in [5.74, 6) is 0. The number of rotatable bonds is 4. The second-order valence-electron chi connectivity index (χ2n) is 3.36. The standard InChI is InChI=1S/C8H12O6P2/c9-15(10,11)6-8(16(12,13)14)7-4-2-1-3-5-7/h1-5,8H,6H2,(H2,9,10,11)(H2,12,13,14). The van der Waals surface area contributed by atoms with Gasteiger partial charge in [0.15, 0.2) is 0 Å². The highest BCUT2D eigenvalue weighted by molar-refractivity contribution is 7.56. The van der Waals surface area contributed by atoms with Gasteiger partial charge in [0.05, 0.1) is 11.8 Å².